The fraction of sp³-hybridized carbons (Fsp3) is 0.111. The number of nitrogens with one attached hydrogen (secondary N) is 1. The fourth-order valence-corrected chi connectivity index (χ4v) is 4.68. The molecule has 2 heterocycles. The normalized spacial score (nSPS) is 12.8. The highest BCUT2D eigenvalue weighted by Crippen LogP contribution is 2.39. The van der Waals surface area contributed by atoms with Gasteiger partial charge in [-0.1, -0.05) is 41.4 Å². The third kappa shape index (κ3) is 4.35. The molecule has 33 heavy (non-hydrogen) atoms. The van der Waals surface area contributed by atoms with E-state index in [-0.39, 0.29) is 38.0 Å². The molecule has 5 N–H and O–H groups in total. The first kappa shape index (κ1) is 23.3. The summed E-state index contributed by atoms with van der Waals surface area (Å²) in [6.07, 6.45) is -3.28. The van der Waals surface area contributed by atoms with Gasteiger partial charge in [-0.15, -0.1) is 0 Å². The second kappa shape index (κ2) is 8.47. The molecular formula is C18H14BCl2F3N7OS-. The zero-order valence-electron chi connectivity index (χ0n) is 16.7. The van der Waals surface area contributed by atoms with Gasteiger partial charge in [0.25, 0.3) is 0 Å². The van der Waals surface area contributed by atoms with Crippen LogP contribution in [0.15, 0.2) is 41.3 Å². The molecule has 15 heteroatoms. The lowest BCUT2D eigenvalue weighted by Crippen LogP contribution is -2.09. The van der Waals surface area contributed by atoms with Crippen LogP contribution in [0.5, 0.6) is 0 Å². The Morgan fingerprint density at radius 3 is 2.39 bits per heavy atom. The van der Waals surface area contributed by atoms with Crippen molar-refractivity contribution in [2.24, 2.45) is 0 Å². The van der Waals surface area contributed by atoms with Crippen molar-refractivity contribution in [1.29, 1.82) is 0 Å². The van der Waals surface area contributed by atoms with Crippen molar-refractivity contribution in [2.45, 2.75) is 11.1 Å². The van der Waals surface area contributed by atoms with Crippen LogP contribution in [0.2, 0.25) is 10.0 Å². The van der Waals surface area contributed by atoms with Gasteiger partial charge in [-0.3, -0.25) is 4.21 Å². The van der Waals surface area contributed by atoms with E-state index in [2.05, 4.69) is 20.1 Å². The summed E-state index contributed by atoms with van der Waals surface area (Å²) in [5.41, 5.74) is 12.2. The molecule has 172 valence electrons. The third-order valence-electron chi connectivity index (χ3n) is 4.70. The van der Waals surface area contributed by atoms with Crippen molar-refractivity contribution in [1.82, 2.24) is 24.8 Å². The molecule has 0 bridgehead atoms. The molecular weight excluding hydrogens is 501 g/mol. The van der Waals surface area contributed by atoms with E-state index < -0.39 is 29.2 Å². The van der Waals surface area contributed by atoms with Crippen molar-refractivity contribution in [3.05, 3.63) is 52.0 Å². The number of hydrogen-bond donors (Lipinski definition) is 3. The van der Waals surface area contributed by atoms with Gasteiger partial charge >= 0.3 is 6.18 Å². The topological polar surface area (TPSA) is 128 Å². The van der Waals surface area contributed by atoms with E-state index in [1.165, 1.54) is 6.26 Å². The molecule has 0 amide bonds. The summed E-state index contributed by atoms with van der Waals surface area (Å²) in [6, 6.07) is 8.41. The molecule has 0 aliphatic carbocycles. The summed E-state index contributed by atoms with van der Waals surface area (Å²) >= 11 is 12.2. The van der Waals surface area contributed by atoms with Gasteiger partial charge < -0.3 is 21.4 Å². The molecule has 0 fully saturated rings. The van der Waals surface area contributed by atoms with Gasteiger partial charge in [0.15, 0.2) is 0 Å². The third-order valence-corrected chi connectivity index (χ3v) is 6.26. The van der Waals surface area contributed by atoms with Crippen LogP contribution in [0.3, 0.4) is 0 Å². The van der Waals surface area contributed by atoms with Crippen molar-refractivity contribution >= 4 is 52.1 Å². The first-order valence-corrected chi connectivity index (χ1v) is 11.5. The highest BCUT2D eigenvalue weighted by molar-refractivity contribution is 7.84. The SMILES string of the molecule is CS(=O)c1c(-c2n[nH][b-](-c3cccc(N)c3)n2)nn(-c2c(Cl)cc(C(F)(F)F)cc2Cl)c1N. The van der Waals surface area contributed by atoms with Crippen molar-refractivity contribution in [3.8, 4) is 22.7 Å². The summed E-state index contributed by atoms with van der Waals surface area (Å²) in [7, 11) is -1.66. The molecule has 0 aliphatic heterocycles. The van der Waals surface area contributed by atoms with Crippen LogP contribution in [-0.4, -0.2) is 41.9 Å². The maximum atomic E-state index is 13.1. The number of aromatic nitrogens is 5. The highest BCUT2D eigenvalue weighted by Gasteiger charge is 2.33. The standard InChI is InChI=1S/C18H14BCl2F3N7OS/c1-33(32)15-13(17-27-19(30-28-17)9-3-2-4-10(25)7-9)29-31(16(15)26)14-11(20)5-8(6-12(14)21)18(22,23)24/h2-7,30H,25-26H2,1H3/q-1. The largest absolute Gasteiger partial charge is 0.470 e. The Morgan fingerprint density at radius 2 is 1.82 bits per heavy atom. The zero-order chi connectivity index (χ0) is 24.1. The molecule has 4 aromatic rings. The quantitative estimate of drug-likeness (QED) is 0.354. The van der Waals surface area contributed by atoms with E-state index in [1.54, 1.807) is 24.3 Å². The first-order chi connectivity index (χ1) is 15.5. The van der Waals surface area contributed by atoms with Gasteiger partial charge in [0.2, 0.25) is 0 Å². The van der Waals surface area contributed by atoms with Crippen molar-refractivity contribution in [2.75, 3.05) is 17.7 Å². The zero-order valence-corrected chi connectivity index (χ0v) is 19.0. The van der Waals surface area contributed by atoms with E-state index in [0.717, 1.165) is 10.1 Å². The van der Waals surface area contributed by atoms with Crippen LogP contribution in [0.4, 0.5) is 24.7 Å². The Morgan fingerprint density at radius 1 is 1.15 bits per heavy atom. The predicted octanol–water partition coefficient (Wildman–Crippen LogP) is 3.90. The maximum Gasteiger partial charge on any atom is 0.416 e. The Balaban J connectivity index is 1.87. The number of alkyl halides is 3. The van der Waals surface area contributed by atoms with Crippen LogP contribution in [0.25, 0.3) is 22.7 Å². The summed E-state index contributed by atoms with van der Waals surface area (Å²) in [5, 5.41) is 10.6. The highest BCUT2D eigenvalue weighted by atomic mass is 35.5. The predicted molar refractivity (Wildman–Crippen MR) is 122 cm³/mol. The van der Waals surface area contributed by atoms with Gasteiger partial charge in [-0.05, 0) is 18.2 Å². The Labute approximate surface area is 197 Å². The number of hydrogen-bond acceptors (Lipinski definition) is 6. The molecule has 1 unspecified atom stereocenters. The molecule has 0 aliphatic rings. The number of H-pyrrole nitrogens is 1. The molecule has 2 aromatic carbocycles. The number of nitrogens with two attached hydrogens (primary N) is 2. The van der Waals surface area contributed by atoms with Gasteiger partial charge in [-0.2, -0.15) is 23.7 Å². The summed E-state index contributed by atoms with van der Waals surface area (Å²) in [4.78, 5) is 4.54. The minimum absolute atomic E-state index is 0.0688. The average molecular weight is 515 g/mol. The lowest BCUT2D eigenvalue weighted by molar-refractivity contribution is -0.137. The monoisotopic (exact) mass is 514 g/mol. The van der Waals surface area contributed by atoms with E-state index in [1.807, 2.05) is 0 Å². The van der Waals surface area contributed by atoms with Gasteiger partial charge in [0.05, 0.1) is 26.4 Å². The molecule has 0 radical (unpaired) electrons. The van der Waals surface area contributed by atoms with Gasteiger partial charge in [-0.25, -0.2) is 9.78 Å². The van der Waals surface area contributed by atoms with E-state index >= 15 is 0 Å². The second-order valence-electron chi connectivity index (χ2n) is 6.98. The van der Waals surface area contributed by atoms with Crippen LogP contribution < -0.4 is 11.5 Å². The fourth-order valence-electron chi connectivity index (χ4n) is 3.24. The average Bonchev–Trinajstić information content (AvgIpc) is 3.32. The lowest BCUT2D eigenvalue weighted by atomic mass is 9.79. The number of nitrogens with zero attached hydrogens (tertiary/aromatic N) is 4. The summed E-state index contributed by atoms with van der Waals surface area (Å²) < 4.78 is 52.8. The Kier molecular flexibility index (Phi) is 5.97. The lowest BCUT2D eigenvalue weighted by Gasteiger charge is -2.13. The second-order valence-corrected chi connectivity index (χ2v) is 9.11. The molecule has 8 nitrogen and oxygen atoms in total. The molecule has 2 aromatic heterocycles. The van der Waals surface area contributed by atoms with E-state index in [4.69, 9.17) is 34.7 Å². The number of halogens is 5. The molecule has 0 saturated heterocycles. The van der Waals surface area contributed by atoms with Crippen LogP contribution in [0, 0.1) is 0 Å². The minimum atomic E-state index is -4.65. The van der Waals surface area contributed by atoms with Crippen LogP contribution >= 0.6 is 23.2 Å². The Bertz CT molecular complexity index is 1380. The van der Waals surface area contributed by atoms with Crippen molar-refractivity contribution in [3.63, 3.8) is 0 Å². The number of nitrogen functional groups attached to an aromatic ring is 2. The number of aromatic amines is 1. The molecule has 1 atom stereocenters. The van der Waals surface area contributed by atoms with Gasteiger partial charge in [0.1, 0.15) is 34.5 Å². The van der Waals surface area contributed by atoms with Crippen LogP contribution in [0.1, 0.15) is 5.56 Å². The van der Waals surface area contributed by atoms with E-state index in [9.17, 15) is 17.4 Å². The van der Waals surface area contributed by atoms with Crippen LogP contribution in [-0.2, 0) is 17.0 Å². The first-order valence-electron chi connectivity index (χ1n) is 9.15. The molecule has 0 saturated carbocycles. The summed E-state index contributed by atoms with van der Waals surface area (Å²) in [6.45, 7) is -0.578. The van der Waals surface area contributed by atoms with E-state index in [0.29, 0.717) is 17.8 Å². The smallest absolute Gasteiger partial charge is 0.416 e. The molecule has 4 rings (SSSR count). The number of rotatable bonds is 4. The Hall–Kier alpha value is -2.90. The maximum absolute atomic E-state index is 13.1. The molecule has 0 spiro atoms. The minimum Gasteiger partial charge on any atom is -0.470 e. The van der Waals surface area contributed by atoms with Crippen molar-refractivity contribution < 1.29 is 17.4 Å². The number of benzene rings is 2. The van der Waals surface area contributed by atoms with Gasteiger partial charge in [0, 0.05) is 11.9 Å². The number of anilines is 2. The summed E-state index contributed by atoms with van der Waals surface area (Å²) in [5.74, 6) is -0.0306.